The Morgan fingerprint density at radius 3 is 1.74 bits per heavy atom. The zero-order valence-corrected chi connectivity index (χ0v) is 18.0. The molecule has 0 spiro atoms. The van der Waals surface area contributed by atoms with Crippen LogP contribution in [0.25, 0.3) is 0 Å². The van der Waals surface area contributed by atoms with Gasteiger partial charge in [-0.25, -0.2) is 0 Å². The number of nitrogens with one attached hydrogen (secondary N) is 1. The third-order valence-electron chi connectivity index (χ3n) is 5.26. The molecule has 1 amide bonds. The van der Waals surface area contributed by atoms with Crippen LogP contribution in [0.2, 0.25) is 0 Å². The second kappa shape index (κ2) is 9.21. The molecular formula is C25H35NO. The molecule has 146 valence electrons. The van der Waals surface area contributed by atoms with Gasteiger partial charge in [0.2, 0.25) is 5.91 Å². The molecule has 0 unspecified atom stereocenters. The van der Waals surface area contributed by atoms with Gasteiger partial charge in [-0.05, 0) is 45.9 Å². The Morgan fingerprint density at radius 2 is 1.30 bits per heavy atom. The molecular weight excluding hydrogens is 330 g/mol. The highest BCUT2D eigenvalue weighted by Crippen LogP contribution is 2.36. The van der Waals surface area contributed by atoms with Gasteiger partial charge in [-0.15, -0.1) is 0 Å². The summed E-state index contributed by atoms with van der Waals surface area (Å²) >= 11 is 0. The minimum absolute atomic E-state index is 0.0902. The number of carbonyl (C=O) groups excluding carboxylic acids is 1. The number of carbonyl (C=O) groups is 1. The van der Waals surface area contributed by atoms with Gasteiger partial charge in [-0.1, -0.05) is 90.9 Å². The summed E-state index contributed by atoms with van der Waals surface area (Å²) < 4.78 is 0. The zero-order chi connectivity index (χ0) is 20.1. The lowest BCUT2D eigenvalue weighted by Crippen LogP contribution is -2.18. The van der Waals surface area contributed by atoms with Crippen molar-refractivity contribution in [1.82, 2.24) is 0 Å². The molecule has 0 saturated carbocycles. The summed E-state index contributed by atoms with van der Waals surface area (Å²) in [7, 11) is 0. The van der Waals surface area contributed by atoms with E-state index in [-0.39, 0.29) is 11.8 Å². The molecule has 0 bridgehead atoms. The Labute approximate surface area is 165 Å². The summed E-state index contributed by atoms with van der Waals surface area (Å²) in [5.41, 5.74) is 6.06. The molecule has 2 rings (SSSR count). The monoisotopic (exact) mass is 365 g/mol. The smallest absolute Gasteiger partial charge is 0.224 e. The number of hydrogen-bond donors (Lipinski definition) is 1. The van der Waals surface area contributed by atoms with Crippen molar-refractivity contribution in [2.45, 2.75) is 78.6 Å². The maximum absolute atomic E-state index is 12.9. The van der Waals surface area contributed by atoms with Crippen molar-refractivity contribution in [3.63, 3.8) is 0 Å². The second-order valence-electron chi connectivity index (χ2n) is 8.60. The molecule has 0 aliphatic rings. The summed E-state index contributed by atoms with van der Waals surface area (Å²) in [6, 6.07) is 14.8. The van der Waals surface area contributed by atoms with Crippen molar-refractivity contribution >= 4 is 11.6 Å². The van der Waals surface area contributed by atoms with E-state index >= 15 is 0 Å². The Morgan fingerprint density at radius 1 is 0.778 bits per heavy atom. The highest BCUT2D eigenvalue weighted by molar-refractivity contribution is 5.93. The molecule has 2 aromatic rings. The van der Waals surface area contributed by atoms with E-state index in [1.165, 1.54) is 22.3 Å². The second-order valence-corrected chi connectivity index (χ2v) is 8.60. The molecule has 27 heavy (non-hydrogen) atoms. The van der Waals surface area contributed by atoms with Crippen LogP contribution < -0.4 is 5.32 Å². The van der Waals surface area contributed by atoms with Crippen LogP contribution in [0.5, 0.6) is 0 Å². The van der Waals surface area contributed by atoms with Crippen LogP contribution in [0.3, 0.4) is 0 Å². The third-order valence-corrected chi connectivity index (χ3v) is 5.26. The van der Waals surface area contributed by atoms with E-state index in [2.05, 4.69) is 78.0 Å². The van der Waals surface area contributed by atoms with Crippen LogP contribution in [0, 0.1) is 0 Å². The fourth-order valence-electron chi connectivity index (χ4n) is 3.47. The summed E-state index contributed by atoms with van der Waals surface area (Å²) in [6.07, 6.45) is 0.491. The molecule has 2 nitrogen and oxygen atoms in total. The molecule has 0 saturated heterocycles. The van der Waals surface area contributed by atoms with E-state index in [1.54, 1.807) is 0 Å². The first-order valence-electron chi connectivity index (χ1n) is 10.2. The molecule has 1 atom stereocenters. The summed E-state index contributed by atoms with van der Waals surface area (Å²) in [6.45, 7) is 15.4. The van der Waals surface area contributed by atoms with Gasteiger partial charge in [0.25, 0.3) is 0 Å². The van der Waals surface area contributed by atoms with Gasteiger partial charge < -0.3 is 5.32 Å². The van der Waals surface area contributed by atoms with Gasteiger partial charge >= 0.3 is 0 Å². The van der Waals surface area contributed by atoms with Crippen molar-refractivity contribution in [2.24, 2.45) is 0 Å². The average Bonchev–Trinajstić information content (AvgIpc) is 2.61. The van der Waals surface area contributed by atoms with Gasteiger partial charge in [0.1, 0.15) is 0 Å². The normalized spacial score (nSPS) is 12.7. The fraction of sp³-hybridized carbons (Fsp3) is 0.480. The van der Waals surface area contributed by atoms with Crippen LogP contribution in [-0.4, -0.2) is 5.91 Å². The van der Waals surface area contributed by atoms with Crippen molar-refractivity contribution in [1.29, 1.82) is 0 Å². The topological polar surface area (TPSA) is 29.1 Å². The largest absolute Gasteiger partial charge is 0.326 e. The Balaban J connectivity index is 2.32. The van der Waals surface area contributed by atoms with Gasteiger partial charge in [0.05, 0.1) is 0 Å². The predicted octanol–water partition coefficient (Wildman–Crippen LogP) is 7.19. The van der Waals surface area contributed by atoms with E-state index in [9.17, 15) is 4.79 Å². The van der Waals surface area contributed by atoms with E-state index in [1.807, 2.05) is 18.2 Å². The van der Waals surface area contributed by atoms with Crippen LogP contribution in [-0.2, 0) is 4.79 Å². The summed E-state index contributed by atoms with van der Waals surface area (Å²) in [5.74, 6) is 1.49. The van der Waals surface area contributed by atoms with E-state index < -0.39 is 0 Å². The molecule has 0 aromatic heterocycles. The molecule has 1 N–H and O–H groups in total. The summed E-state index contributed by atoms with van der Waals surface area (Å²) in [5, 5.41) is 3.27. The molecule has 2 aromatic carbocycles. The molecule has 0 heterocycles. The van der Waals surface area contributed by atoms with Crippen LogP contribution >= 0.6 is 0 Å². The van der Waals surface area contributed by atoms with E-state index in [0.29, 0.717) is 24.2 Å². The lowest BCUT2D eigenvalue weighted by molar-refractivity contribution is -0.116. The van der Waals surface area contributed by atoms with Crippen LogP contribution in [0.4, 0.5) is 5.69 Å². The van der Waals surface area contributed by atoms with Gasteiger partial charge in [0, 0.05) is 12.1 Å². The predicted molar refractivity (Wildman–Crippen MR) is 117 cm³/mol. The lowest BCUT2D eigenvalue weighted by Gasteiger charge is -2.23. The van der Waals surface area contributed by atoms with E-state index in [4.69, 9.17) is 0 Å². The first-order valence-corrected chi connectivity index (χ1v) is 10.2. The van der Waals surface area contributed by atoms with Crippen molar-refractivity contribution < 1.29 is 4.79 Å². The van der Waals surface area contributed by atoms with Crippen molar-refractivity contribution in [3.8, 4) is 0 Å². The van der Waals surface area contributed by atoms with Gasteiger partial charge in [0.15, 0.2) is 0 Å². The Hall–Kier alpha value is -2.09. The standard InChI is InChI=1S/C25H35NO/c1-16(2)21-14-22(17(3)4)25(23(15-21)18(5)6)26-24(27)13-19(7)20-11-9-8-10-12-20/h8-12,14-19H,13H2,1-7H3,(H,26,27)/t19-/m0/s1. The fourth-order valence-corrected chi connectivity index (χ4v) is 3.47. The number of anilines is 1. The SMILES string of the molecule is CC(C)c1cc(C(C)C)c(NC(=O)C[C@H](C)c2ccccc2)c(C(C)C)c1. The van der Waals surface area contributed by atoms with Gasteiger partial charge in [-0.3, -0.25) is 4.79 Å². The lowest BCUT2D eigenvalue weighted by atomic mass is 9.87. The summed E-state index contributed by atoms with van der Waals surface area (Å²) in [4.78, 5) is 12.9. The van der Waals surface area contributed by atoms with Crippen molar-refractivity contribution in [3.05, 3.63) is 64.7 Å². The molecule has 0 fully saturated rings. The Kier molecular flexibility index (Phi) is 7.24. The Bertz CT molecular complexity index is 730. The van der Waals surface area contributed by atoms with Crippen molar-refractivity contribution in [2.75, 3.05) is 5.32 Å². The molecule has 0 aliphatic heterocycles. The highest BCUT2D eigenvalue weighted by Gasteiger charge is 2.20. The maximum atomic E-state index is 12.9. The van der Waals surface area contributed by atoms with E-state index in [0.717, 1.165) is 5.69 Å². The number of hydrogen-bond acceptors (Lipinski definition) is 1. The van der Waals surface area contributed by atoms with Crippen LogP contribution in [0.1, 0.15) is 101 Å². The first kappa shape index (κ1) is 21.2. The average molecular weight is 366 g/mol. The zero-order valence-electron chi connectivity index (χ0n) is 18.0. The maximum Gasteiger partial charge on any atom is 0.224 e. The number of benzene rings is 2. The third kappa shape index (κ3) is 5.45. The van der Waals surface area contributed by atoms with Crippen LogP contribution in [0.15, 0.2) is 42.5 Å². The molecule has 0 aliphatic carbocycles. The minimum atomic E-state index is 0.0902. The van der Waals surface area contributed by atoms with Gasteiger partial charge in [-0.2, -0.15) is 0 Å². The number of rotatable bonds is 7. The molecule has 2 heteroatoms. The molecule has 0 radical (unpaired) electrons. The first-order chi connectivity index (χ1) is 12.7. The number of amides is 1. The minimum Gasteiger partial charge on any atom is -0.326 e. The highest BCUT2D eigenvalue weighted by atomic mass is 16.1. The quantitative estimate of drug-likeness (QED) is 0.552.